The standard InChI is InChI=1S/C17H22ClNO3S.ClH/c1-17(2,11-20)19-9-12-7-14(18)16(15(8-12)21-3)22-10-13-5-4-6-23-13;/h4-8,19-20H,9-11H2,1-3H3;1H. The van der Waals surface area contributed by atoms with E-state index in [1.807, 2.05) is 43.5 Å². The zero-order chi connectivity index (χ0) is 16.9. The van der Waals surface area contributed by atoms with Gasteiger partial charge in [0, 0.05) is 17.0 Å². The zero-order valence-electron chi connectivity index (χ0n) is 14.0. The van der Waals surface area contributed by atoms with Crippen LogP contribution in [-0.4, -0.2) is 24.4 Å². The highest BCUT2D eigenvalue weighted by Gasteiger charge is 2.17. The molecule has 2 N–H and O–H groups in total. The average molecular weight is 392 g/mol. The van der Waals surface area contributed by atoms with E-state index in [2.05, 4.69) is 5.32 Å². The van der Waals surface area contributed by atoms with E-state index in [1.165, 1.54) is 0 Å². The quantitative estimate of drug-likeness (QED) is 0.705. The fraction of sp³-hybridized carbons (Fsp3) is 0.412. The van der Waals surface area contributed by atoms with Crippen molar-refractivity contribution in [1.29, 1.82) is 0 Å². The first-order valence-corrected chi connectivity index (χ1v) is 8.58. The lowest BCUT2D eigenvalue weighted by Crippen LogP contribution is -2.42. The number of halogens is 2. The van der Waals surface area contributed by atoms with Crippen molar-refractivity contribution in [3.05, 3.63) is 45.1 Å². The predicted octanol–water partition coefficient (Wildman–Crippen LogP) is 4.27. The van der Waals surface area contributed by atoms with Gasteiger partial charge in [0.1, 0.15) is 6.61 Å². The van der Waals surface area contributed by atoms with Gasteiger partial charge in [-0.1, -0.05) is 17.7 Å². The van der Waals surface area contributed by atoms with Crippen LogP contribution in [0.1, 0.15) is 24.3 Å². The maximum atomic E-state index is 9.30. The fourth-order valence-electron chi connectivity index (χ4n) is 1.95. The summed E-state index contributed by atoms with van der Waals surface area (Å²) in [5.74, 6) is 1.15. The van der Waals surface area contributed by atoms with Gasteiger partial charge in [0.25, 0.3) is 0 Å². The Morgan fingerprint density at radius 1 is 1.33 bits per heavy atom. The minimum Gasteiger partial charge on any atom is -0.493 e. The van der Waals surface area contributed by atoms with Crippen LogP contribution in [0.4, 0.5) is 0 Å². The van der Waals surface area contributed by atoms with Crippen LogP contribution in [0.5, 0.6) is 11.5 Å². The molecule has 2 rings (SSSR count). The average Bonchev–Trinajstić information content (AvgIpc) is 3.05. The van der Waals surface area contributed by atoms with Crippen LogP contribution in [0, 0.1) is 0 Å². The molecular formula is C17H23Cl2NO3S. The van der Waals surface area contributed by atoms with Gasteiger partial charge in [0.05, 0.1) is 18.7 Å². The number of hydrogen-bond acceptors (Lipinski definition) is 5. The number of methoxy groups -OCH3 is 1. The highest BCUT2D eigenvalue weighted by atomic mass is 35.5. The number of ether oxygens (including phenoxy) is 2. The Hall–Kier alpha value is -0.980. The molecule has 0 fully saturated rings. The van der Waals surface area contributed by atoms with E-state index in [9.17, 15) is 5.11 Å². The molecule has 0 aliphatic heterocycles. The van der Waals surface area contributed by atoms with Gasteiger partial charge in [0.15, 0.2) is 11.5 Å². The summed E-state index contributed by atoms with van der Waals surface area (Å²) in [6, 6.07) is 7.75. The van der Waals surface area contributed by atoms with Crippen LogP contribution in [0.25, 0.3) is 0 Å². The van der Waals surface area contributed by atoms with Crippen LogP contribution >= 0.6 is 35.3 Å². The molecule has 0 unspecified atom stereocenters. The first-order valence-electron chi connectivity index (χ1n) is 7.32. The molecule has 0 bridgehead atoms. The Bertz CT molecular complexity index is 633. The third-order valence-corrected chi connectivity index (χ3v) is 4.53. The largest absolute Gasteiger partial charge is 0.493 e. The fourth-order valence-corrected chi connectivity index (χ4v) is 2.85. The topological polar surface area (TPSA) is 50.7 Å². The van der Waals surface area contributed by atoms with Crippen molar-refractivity contribution < 1.29 is 14.6 Å². The van der Waals surface area contributed by atoms with Crippen molar-refractivity contribution in [3.63, 3.8) is 0 Å². The van der Waals surface area contributed by atoms with E-state index < -0.39 is 0 Å². The van der Waals surface area contributed by atoms with Crippen molar-refractivity contribution in [2.75, 3.05) is 13.7 Å². The van der Waals surface area contributed by atoms with Crippen molar-refractivity contribution in [1.82, 2.24) is 5.32 Å². The van der Waals surface area contributed by atoms with E-state index in [1.54, 1.807) is 18.4 Å². The summed E-state index contributed by atoms with van der Waals surface area (Å²) in [6.45, 7) is 4.96. The normalized spacial score (nSPS) is 11.0. The number of aliphatic hydroxyl groups is 1. The Morgan fingerprint density at radius 3 is 2.67 bits per heavy atom. The number of aliphatic hydroxyl groups excluding tert-OH is 1. The maximum absolute atomic E-state index is 9.30. The van der Waals surface area contributed by atoms with Crippen LogP contribution < -0.4 is 14.8 Å². The summed E-state index contributed by atoms with van der Waals surface area (Å²) < 4.78 is 11.2. The smallest absolute Gasteiger partial charge is 0.180 e. The first kappa shape index (κ1) is 21.1. The molecule has 1 aromatic carbocycles. The summed E-state index contributed by atoms with van der Waals surface area (Å²) in [5.41, 5.74) is 0.616. The van der Waals surface area contributed by atoms with Gasteiger partial charge in [-0.3, -0.25) is 0 Å². The Labute approximate surface area is 158 Å². The van der Waals surface area contributed by atoms with Crippen molar-refractivity contribution in [2.45, 2.75) is 32.5 Å². The molecule has 0 amide bonds. The highest BCUT2D eigenvalue weighted by molar-refractivity contribution is 7.09. The number of hydrogen-bond donors (Lipinski definition) is 2. The second-order valence-corrected chi connectivity index (χ2v) is 7.31. The minimum absolute atomic E-state index is 0. The van der Waals surface area contributed by atoms with E-state index in [0.717, 1.165) is 10.4 Å². The Morgan fingerprint density at radius 2 is 2.08 bits per heavy atom. The van der Waals surface area contributed by atoms with Crippen molar-refractivity contribution in [2.24, 2.45) is 0 Å². The molecule has 24 heavy (non-hydrogen) atoms. The summed E-state index contributed by atoms with van der Waals surface area (Å²) in [7, 11) is 1.60. The molecule has 7 heteroatoms. The number of nitrogens with one attached hydrogen (secondary N) is 1. The monoisotopic (exact) mass is 391 g/mol. The van der Waals surface area contributed by atoms with Gasteiger partial charge < -0.3 is 19.9 Å². The molecule has 0 radical (unpaired) electrons. The van der Waals surface area contributed by atoms with Crippen LogP contribution in [-0.2, 0) is 13.2 Å². The summed E-state index contributed by atoms with van der Waals surface area (Å²) in [6.07, 6.45) is 0. The van der Waals surface area contributed by atoms with Gasteiger partial charge in [0.2, 0.25) is 0 Å². The van der Waals surface area contributed by atoms with E-state index in [0.29, 0.717) is 29.7 Å². The van der Waals surface area contributed by atoms with E-state index >= 15 is 0 Å². The lowest BCUT2D eigenvalue weighted by Gasteiger charge is -2.24. The van der Waals surface area contributed by atoms with Crippen LogP contribution in [0.15, 0.2) is 29.6 Å². The van der Waals surface area contributed by atoms with Gasteiger partial charge >= 0.3 is 0 Å². The highest BCUT2D eigenvalue weighted by Crippen LogP contribution is 2.37. The molecule has 0 saturated carbocycles. The second kappa shape index (κ2) is 9.49. The number of benzene rings is 1. The molecule has 134 valence electrons. The predicted molar refractivity (Wildman–Crippen MR) is 102 cm³/mol. The second-order valence-electron chi connectivity index (χ2n) is 5.87. The third kappa shape index (κ3) is 5.83. The molecule has 0 atom stereocenters. The van der Waals surface area contributed by atoms with Gasteiger partial charge in [-0.15, -0.1) is 23.7 Å². The minimum atomic E-state index is -0.353. The molecule has 0 aliphatic rings. The lowest BCUT2D eigenvalue weighted by atomic mass is 10.1. The molecule has 0 aliphatic carbocycles. The van der Waals surface area contributed by atoms with Crippen LogP contribution in [0.3, 0.4) is 0 Å². The van der Waals surface area contributed by atoms with Crippen molar-refractivity contribution >= 4 is 35.3 Å². The Balaban J connectivity index is 0.00000288. The number of rotatable bonds is 8. The molecule has 1 heterocycles. The van der Waals surface area contributed by atoms with E-state index in [4.69, 9.17) is 21.1 Å². The molecule has 0 saturated heterocycles. The first-order chi connectivity index (χ1) is 10.9. The van der Waals surface area contributed by atoms with E-state index in [-0.39, 0.29) is 24.6 Å². The van der Waals surface area contributed by atoms with Gasteiger partial charge in [-0.25, -0.2) is 0 Å². The van der Waals surface area contributed by atoms with Gasteiger partial charge in [-0.2, -0.15) is 0 Å². The Kier molecular flexibility index (Phi) is 8.33. The molecule has 4 nitrogen and oxygen atoms in total. The zero-order valence-corrected chi connectivity index (χ0v) is 16.4. The summed E-state index contributed by atoms with van der Waals surface area (Å²) >= 11 is 7.99. The molecule has 2 aromatic rings. The number of thiophene rings is 1. The molecule has 1 aromatic heterocycles. The third-order valence-electron chi connectivity index (χ3n) is 3.39. The van der Waals surface area contributed by atoms with Crippen LogP contribution in [0.2, 0.25) is 5.02 Å². The SMILES string of the molecule is COc1cc(CNC(C)(C)CO)cc(Cl)c1OCc1cccs1.Cl. The van der Waals surface area contributed by atoms with Crippen molar-refractivity contribution in [3.8, 4) is 11.5 Å². The molecular weight excluding hydrogens is 369 g/mol. The molecule has 0 spiro atoms. The summed E-state index contributed by atoms with van der Waals surface area (Å²) in [4.78, 5) is 1.12. The lowest BCUT2D eigenvalue weighted by molar-refractivity contribution is 0.187. The van der Waals surface area contributed by atoms with Gasteiger partial charge in [-0.05, 0) is 43.0 Å². The summed E-state index contributed by atoms with van der Waals surface area (Å²) in [5, 5.41) is 15.1. The maximum Gasteiger partial charge on any atom is 0.180 e.